The fourth-order valence-electron chi connectivity index (χ4n) is 2.01. The molecule has 1 aromatic carbocycles. The zero-order valence-electron chi connectivity index (χ0n) is 11.6. The first-order chi connectivity index (χ1) is 10.4. The van der Waals surface area contributed by atoms with Crippen LogP contribution in [0.5, 0.6) is 0 Å². The molecule has 2 aromatic heterocycles. The summed E-state index contributed by atoms with van der Waals surface area (Å²) in [5.74, 6) is 0.675. The van der Waals surface area contributed by atoms with Crippen LogP contribution in [0.15, 0.2) is 47.2 Å². The molecule has 0 radical (unpaired) electrons. The fourth-order valence-corrected chi connectivity index (χ4v) is 2.72. The van der Waals surface area contributed by atoms with Crippen molar-refractivity contribution in [2.75, 3.05) is 13.1 Å². The third-order valence-corrected chi connectivity index (χ3v) is 3.88. The normalized spacial score (nSPS) is 10.9. The number of nitrogens with zero attached hydrogens (tertiary/aromatic N) is 4. The van der Waals surface area contributed by atoms with Crippen molar-refractivity contribution < 1.29 is 0 Å². The van der Waals surface area contributed by atoms with Gasteiger partial charge in [-0.2, -0.15) is 16.1 Å². The Hall–Kier alpha value is -2.05. The maximum atomic E-state index is 4.38. The molecule has 0 fully saturated rings. The first-order valence-corrected chi connectivity index (χ1v) is 7.91. The van der Waals surface area contributed by atoms with Gasteiger partial charge in [0.15, 0.2) is 0 Å². The minimum absolute atomic E-state index is 0.675. The Morgan fingerprint density at radius 3 is 2.81 bits per heavy atom. The van der Waals surface area contributed by atoms with Gasteiger partial charge in [-0.15, -0.1) is 10.2 Å². The van der Waals surface area contributed by atoms with Crippen molar-refractivity contribution in [3.63, 3.8) is 0 Å². The zero-order valence-corrected chi connectivity index (χ0v) is 12.5. The summed E-state index contributed by atoms with van der Waals surface area (Å²) in [5, 5.41) is 20.2. The summed E-state index contributed by atoms with van der Waals surface area (Å²) in [4.78, 5) is 1.64. The molecule has 21 heavy (non-hydrogen) atoms. The lowest BCUT2D eigenvalue weighted by Crippen LogP contribution is -2.23. The van der Waals surface area contributed by atoms with Crippen LogP contribution in [0.2, 0.25) is 0 Å². The molecule has 1 N–H and O–H groups in total. The average Bonchev–Trinajstić information content (AvgIpc) is 3.19. The van der Waals surface area contributed by atoms with Crippen molar-refractivity contribution in [1.29, 1.82) is 0 Å². The summed E-state index contributed by atoms with van der Waals surface area (Å²) >= 11 is 1.74. The number of hydrogen-bond donors (Lipinski definition) is 1. The molecule has 0 bridgehead atoms. The van der Waals surface area contributed by atoms with Crippen molar-refractivity contribution in [2.45, 2.75) is 13.0 Å². The Morgan fingerprint density at radius 2 is 2.00 bits per heavy atom. The molecule has 6 heteroatoms. The third kappa shape index (κ3) is 3.96. The minimum atomic E-state index is 0.675. The highest BCUT2D eigenvalue weighted by molar-refractivity contribution is 7.07. The molecule has 0 atom stereocenters. The van der Waals surface area contributed by atoms with Crippen molar-refractivity contribution in [2.24, 2.45) is 0 Å². The topological polar surface area (TPSA) is 55.6 Å². The van der Waals surface area contributed by atoms with Crippen LogP contribution >= 0.6 is 11.3 Å². The van der Waals surface area contributed by atoms with E-state index in [0.29, 0.717) is 5.82 Å². The molecule has 3 aromatic rings. The zero-order chi connectivity index (χ0) is 14.3. The van der Waals surface area contributed by atoms with Gasteiger partial charge in [0.25, 0.3) is 0 Å². The number of nitrogens with one attached hydrogen (secondary N) is 1. The van der Waals surface area contributed by atoms with E-state index in [1.807, 2.05) is 30.3 Å². The summed E-state index contributed by atoms with van der Waals surface area (Å²) in [6.07, 6.45) is 1.06. The van der Waals surface area contributed by atoms with Gasteiger partial charge in [0, 0.05) is 12.1 Å². The standard InChI is InChI=1S/C15H17N5S/c1-2-4-14(5-3-1)15-17-19-20(18-15)10-9-16-8-6-13-7-11-21-12-13/h1-5,7,11-12,16H,6,8-10H2. The highest BCUT2D eigenvalue weighted by Gasteiger charge is 2.04. The Balaban J connectivity index is 1.43. The van der Waals surface area contributed by atoms with Gasteiger partial charge in [0.1, 0.15) is 0 Å². The number of rotatable bonds is 7. The van der Waals surface area contributed by atoms with E-state index in [1.54, 1.807) is 16.1 Å². The van der Waals surface area contributed by atoms with Gasteiger partial charge in [-0.05, 0) is 40.6 Å². The van der Waals surface area contributed by atoms with Crippen molar-refractivity contribution in [3.05, 3.63) is 52.7 Å². The van der Waals surface area contributed by atoms with Crippen molar-refractivity contribution in [3.8, 4) is 11.4 Å². The maximum Gasteiger partial charge on any atom is 0.204 e. The van der Waals surface area contributed by atoms with E-state index in [0.717, 1.165) is 31.6 Å². The lowest BCUT2D eigenvalue weighted by Gasteiger charge is -2.02. The van der Waals surface area contributed by atoms with E-state index in [1.165, 1.54) is 5.56 Å². The van der Waals surface area contributed by atoms with Gasteiger partial charge in [0.2, 0.25) is 5.82 Å². The molecule has 2 heterocycles. The van der Waals surface area contributed by atoms with Crippen LogP contribution < -0.4 is 5.32 Å². The molecular weight excluding hydrogens is 282 g/mol. The predicted molar refractivity (Wildman–Crippen MR) is 84.1 cm³/mol. The quantitative estimate of drug-likeness (QED) is 0.680. The summed E-state index contributed by atoms with van der Waals surface area (Å²) in [5.41, 5.74) is 2.38. The highest BCUT2D eigenvalue weighted by Crippen LogP contribution is 2.11. The SMILES string of the molecule is c1ccc(-c2nnn(CCNCCc3ccsc3)n2)cc1. The Kier molecular flexibility index (Phi) is 4.70. The van der Waals surface area contributed by atoms with E-state index in [9.17, 15) is 0 Å². The molecule has 0 aliphatic rings. The Labute approximate surface area is 127 Å². The molecule has 0 unspecified atom stereocenters. The van der Waals surface area contributed by atoms with E-state index < -0.39 is 0 Å². The van der Waals surface area contributed by atoms with Gasteiger partial charge >= 0.3 is 0 Å². The summed E-state index contributed by atoms with van der Waals surface area (Å²) < 4.78 is 0. The van der Waals surface area contributed by atoms with E-state index in [2.05, 4.69) is 37.6 Å². The summed E-state index contributed by atoms with van der Waals surface area (Å²) in [7, 11) is 0. The summed E-state index contributed by atoms with van der Waals surface area (Å²) in [6, 6.07) is 12.1. The van der Waals surface area contributed by atoms with E-state index in [-0.39, 0.29) is 0 Å². The molecule has 0 saturated heterocycles. The van der Waals surface area contributed by atoms with Crippen molar-refractivity contribution >= 4 is 11.3 Å². The van der Waals surface area contributed by atoms with Crippen LogP contribution in [-0.4, -0.2) is 33.3 Å². The fraction of sp³-hybridized carbons (Fsp3) is 0.267. The molecule has 5 nitrogen and oxygen atoms in total. The van der Waals surface area contributed by atoms with Gasteiger partial charge in [-0.25, -0.2) is 0 Å². The smallest absolute Gasteiger partial charge is 0.204 e. The number of hydrogen-bond acceptors (Lipinski definition) is 5. The number of aromatic nitrogens is 4. The van der Waals surface area contributed by atoms with E-state index in [4.69, 9.17) is 0 Å². The number of benzene rings is 1. The Morgan fingerprint density at radius 1 is 1.10 bits per heavy atom. The molecule has 3 rings (SSSR count). The van der Waals surface area contributed by atoms with Gasteiger partial charge in [0.05, 0.1) is 6.54 Å². The monoisotopic (exact) mass is 299 g/mol. The van der Waals surface area contributed by atoms with Crippen LogP contribution in [0.4, 0.5) is 0 Å². The van der Waals surface area contributed by atoms with Gasteiger partial charge in [-0.3, -0.25) is 0 Å². The maximum absolute atomic E-state index is 4.38. The third-order valence-electron chi connectivity index (χ3n) is 3.14. The average molecular weight is 299 g/mol. The lowest BCUT2D eigenvalue weighted by molar-refractivity contribution is 0.493. The Bertz CT molecular complexity index is 648. The molecule has 0 spiro atoms. The number of tetrazole rings is 1. The second kappa shape index (κ2) is 7.10. The molecule has 0 saturated carbocycles. The lowest BCUT2D eigenvalue weighted by atomic mass is 10.2. The van der Waals surface area contributed by atoms with Crippen LogP contribution in [0.1, 0.15) is 5.56 Å². The van der Waals surface area contributed by atoms with E-state index >= 15 is 0 Å². The minimum Gasteiger partial charge on any atom is -0.314 e. The van der Waals surface area contributed by atoms with Gasteiger partial charge in [-0.1, -0.05) is 30.3 Å². The van der Waals surface area contributed by atoms with Crippen LogP contribution in [0.3, 0.4) is 0 Å². The largest absolute Gasteiger partial charge is 0.314 e. The molecule has 108 valence electrons. The second-order valence-electron chi connectivity index (χ2n) is 4.71. The molecule has 0 aliphatic heterocycles. The molecular formula is C15H17N5S. The van der Waals surface area contributed by atoms with Crippen LogP contribution in [-0.2, 0) is 13.0 Å². The second-order valence-corrected chi connectivity index (χ2v) is 5.49. The first-order valence-electron chi connectivity index (χ1n) is 6.97. The highest BCUT2D eigenvalue weighted by atomic mass is 32.1. The number of thiophene rings is 1. The van der Waals surface area contributed by atoms with Crippen LogP contribution in [0, 0.1) is 0 Å². The van der Waals surface area contributed by atoms with Crippen LogP contribution in [0.25, 0.3) is 11.4 Å². The van der Waals surface area contributed by atoms with Crippen molar-refractivity contribution in [1.82, 2.24) is 25.5 Å². The molecule has 0 amide bonds. The predicted octanol–water partition coefficient (Wildman–Crippen LogP) is 2.23. The first kappa shape index (κ1) is 13.9. The summed E-state index contributed by atoms with van der Waals surface area (Å²) in [6.45, 7) is 2.54. The molecule has 0 aliphatic carbocycles. The van der Waals surface area contributed by atoms with Gasteiger partial charge < -0.3 is 5.32 Å².